The van der Waals surface area contributed by atoms with Gasteiger partial charge in [0.2, 0.25) is 0 Å². The highest BCUT2D eigenvalue weighted by molar-refractivity contribution is 5.79. The molecule has 4 heteroatoms. The van der Waals surface area contributed by atoms with Crippen LogP contribution in [0.1, 0.15) is 213 Å². The minimum absolute atomic E-state index is 0.280. The van der Waals surface area contributed by atoms with Gasteiger partial charge in [-0.05, 0) is 44.9 Å². The molecule has 0 aliphatic heterocycles. The van der Waals surface area contributed by atoms with E-state index in [1.165, 1.54) is 161 Å². The van der Waals surface area contributed by atoms with Crippen molar-refractivity contribution in [1.29, 1.82) is 0 Å². The number of hydrogen-bond donors (Lipinski definition) is 2. The molecule has 0 saturated heterocycles. The molecule has 0 rings (SSSR count). The number of rotatable bonds is 35. The lowest BCUT2D eigenvalue weighted by Gasteiger charge is -2.23. The van der Waals surface area contributed by atoms with E-state index >= 15 is 0 Å². The van der Waals surface area contributed by atoms with Crippen LogP contribution in [0, 0.1) is 0 Å². The van der Waals surface area contributed by atoms with Crippen molar-refractivity contribution in [3.8, 4) is 0 Å². The Morgan fingerprint density at radius 1 is 0.512 bits per heavy atom. The zero-order valence-corrected chi connectivity index (χ0v) is 29.2. The predicted molar refractivity (Wildman–Crippen MR) is 187 cm³/mol. The zero-order valence-electron chi connectivity index (χ0n) is 29.2. The van der Waals surface area contributed by atoms with Crippen LogP contribution in [0.3, 0.4) is 0 Å². The number of unbranched alkanes of at least 4 members (excludes halogenated alkanes) is 27. The lowest BCUT2D eigenvalue weighted by Crippen LogP contribution is -2.43. The van der Waals surface area contributed by atoms with E-state index in [0.29, 0.717) is 6.61 Å². The molecule has 0 heterocycles. The summed E-state index contributed by atoms with van der Waals surface area (Å²) in [6, 6.07) is 0. The van der Waals surface area contributed by atoms with Crippen molar-refractivity contribution in [1.82, 2.24) is 0 Å². The summed E-state index contributed by atoms with van der Waals surface area (Å²) in [4.78, 5) is 12.4. The summed E-state index contributed by atoms with van der Waals surface area (Å²) < 4.78 is 5.34. The largest absolute Gasteiger partial charge is 0.463 e. The third-order valence-electron chi connectivity index (χ3n) is 8.97. The van der Waals surface area contributed by atoms with E-state index in [1.54, 1.807) is 0 Å². The van der Waals surface area contributed by atoms with Crippen molar-refractivity contribution in [2.75, 3.05) is 13.2 Å². The van der Waals surface area contributed by atoms with Crippen molar-refractivity contribution in [2.24, 2.45) is 0 Å². The molecule has 256 valence electrons. The van der Waals surface area contributed by atoms with Crippen LogP contribution >= 0.6 is 0 Å². The minimum Gasteiger partial charge on any atom is -0.463 e. The van der Waals surface area contributed by atoms with Gasteiger partial charge in [0.25, 0.3) is 0 Å². The molecule has 0 aromatic heterocycles. The first-order valence-electron chi connectivity index (χ1n) is 19.3. The Labute approximate surface area is 269 Å². The number of esters is 1. The fraction of sp³-hybridized carbons (Fsp3) is 0.923. The Bertz CT molecular complexity index is 590. The molecule has 0 aromatic carbocycles. The lowest BCUT2D eigenvalue weighted by atomic mass is 9.96. The SMILES string of the molecule is CCCCCCCCC=CCCCCCCCCC(O)(CO)C(=O)OCCCCCCCCCCCCCCCCCC. The van der Waals surface area contributed by atoms with Gasteiger partial charge in [0.1, 0.15) is 0 Å². The fourth-order valence-corrected chi connectivity index (χ4v) is 5.86. The Morgan fingerprint density at radius 2 is 0.837 bits per heavy atom. The average molecular weight is 609 g/mol. The molecule has 1 atom stereocenters. The van der Waals surface area contributed by atoms with Gasteiger partial charge < -0.3 is 14.9 Å². The van der Waals surface area contributed by atoms with Gasteiger partial charge in [0, 0.05) is 0 Å². The molecule has 2 N–H and O–H groups in total. The highest BCUT2D eigenvalue weighted by Gasteiger charge is 2.36. The molecule has 1 unspecified atom stereocenters. The quantitative estimate of drug-likeness (QED) is 0.0426. The topological polar surface area (TPSA) is 66.8 Å². The summed E-state index contributed by atoms with van der Waals surface area (Å²) in [5.41, 5.74) is -1.74. The van der Waals surface area contributed by atoms with Crippen molar-refractivity contribution in [3.63, 3.8) is 0 Å². The molecule has 0 radical (unpaired) electrons. The highest BCUT2D eigenvalue weighted by atomic mass is 16.6. The minimum atomic E-state index is -1.74. The van der Waals surface area contributed by atoms with E-state index in [1.807, 2.05) is 0 Å². The number of carbonyl (C=O) groups is 1. The van der Waals surface area contributed by atoms with Crippen LogP contribution in [-0.4, -0.2) is 35.0 Å². The molecule has 0 bridgehead atoms. The van der Waals surface area contributed by atoms with Gasteiger partial charge in [0.05, 0.1) is 13.2 Å². The third kappa shape index (κ3) is 29.6. The van der Waals surface area contributed by atoms with Crippen LogP contribution in [0.25, 0.3) is 0 Å². The molecule has 0 amide bonds. The van der Waals surface area contributed by atoms with Gasteiger partial charge in [-0.2, -0.15) is 0 Å². The molecule has 4 nitrogen and oxygen atoms in total. The summed E-state index contributed by atoms with van der Waals surface area (Å²) in [5, 5.41) is 20.3. The van der Waals surface area contributed by atoms with Crippen LogP contribution in [0.2, 0.25) is 0 Å². The van der Waals surface area contributed by atoms with Gasteiger partial charge in [0.15, 0.2) is 5.60 Å². The van der Waals surface area contributed by atoms with Crippen molar-refractivity contribution < 1.29 is 19.7 Å². The standard InChI is InChI=1S/C39H76O4/c1-3-5-7-9-11-13-15-17-19-21-23-25-27-29-31-33-35-39(42,37-40)38(41)43-36-34-32-30-28-26-24-22-20-18-16-14-12-10-8-6-4-2/h17,19,40,42H,3-16,18,20-37H2,1-2H3. The first kappa shape index (κ1) is 42.1. The van der Waals surface area contributed by atoms with E-state index in [4.69, 9.17) is 4.74 Å². The van der Waals surface area contributed by atoms with Crippen molar-refractivity contribution in [3.05, 3.63) is 12.2 Å². The molecule has 43 heavy (non-hydrogen) atoms. The molecule has 0 spiro atoms. The number of aliphatic hydroxyl groups is 2. The summed E-state index contributed by atoms with van der Waals surface area (Å²) in [6.07, 6.45) is 43.0. The second-order valence-electron chi connectivity index (χ2n) is 13.3. The number of ether oxygens (including phenoxy) is 1. The van der Waals surface area contributed by atoms with Gasteiger partial charge >= 0.3 is 5.97 Å². The van der Waals surface area contributed by atoms with Gasteiger partial charge in [-0.1, -0.05) is 180 Å². The molecule has 0 aliphatic carbocycles. The van der Waals surface area contributed by atoms with Gasteiger partial charge in [-0.15, -0.1) is 0 Å². The Balaban J connectivity index is 3.55. The second kappa shape index (κ2) is 34.0. The number of allylic oxidation sites excluding steroid dienone is 2. The van der Waals surface area contributed by atoms with Crippen LogP contribution in [-0.2, 0) is 9.53 Å². The smallest absolute Gasteiger partial charge is 0.340 e. The third-order valence-corrected chi connectivity index (χ3v) is 8.97. The normalized spacial score (nSPS) is 13.1. The first-order chi connectivity index (χ1) is 21.1. The van der Waals surface area contributed by atoms with Gasteiger partial charge in [-0.25, -0.2) is 4.79 Å². The van der Waals surface area contributed by atoms with Crippen LogP contribution in [0.5, 0.6) is 0 Å². The predicted octanol–water partition coefficient (Wildman–Crippen LogP) is 11.9. The van der Waals surface area contributed by atoms with Crippen molar-refractivity contribution >= 4 is 5.97 Å². The lowest BCUT2D eigenvalue weighted by molar-refractivity contribution is -0.171. The number of carbonyl (C=O) groups excluding carboxylic acids is 1. The summed E-state index contributed by atoms with van der Waals surface area (Å²) in [6.45, 7) is 4.32. The second-order valence-corrected chi connectivity index (χ2v) is 13.3. The molecular weight excluding hydrogens is 532 g/mol. The maximum absolute atomic E-state index is 12.4. The highest BCUT2D eigenvalue weighted by Crippen LogP contribution is 2.19. The molecule has 0 fully saturated rings. The first-order valence-corrected chi connectivity index (χ1v) is 19.3. The molecular formula is C39H76O4. The number of hydrogen-bond acceptors (Lipinski definition) is 4. The van der Waals surface area contributed by atoms with E-state index in [0.717, 1.165) is 32.1 Å². The van der Waals surface area contributed by atoms with E-state index in [9.17, 15) is 15.0 Å². The number of aliphatic hydroxyl groups excluding tert-OH is 1. The van der Waals surface area contributed by atoms with E-state index < -0.39 is 18.2 Å². The van der Waals surface area contributed by atoms with Crippen LogP contribution in [0.15, 0.2) is 12.2 Å². The molecule has 0 aromatic rings. The van der Waals surface area contributed by atoms with E-state index in [-0.39, 0.29) is 6.42 Å². The fourth-order valence-electron chi connectivity index (χ4n) is 5.86. The summed E-state index contributed by atoms with van der Waals surface area (Å²) in [7, 11) is 0. The summed E-state index contributed by atoms with van der Waals surface area (Å²) >= 11 is 0. The summed E-state index contributed by atoms with van der Waals surface area (Å²) in [5.74, 6) is -0.649. The van der Waals surface area contributed by atoms with Crippen LogP contribution in [0.4, 0.5) is 0 Å². The maximum atomic E-state index is 12.4. The Hall–Kier alpha value is -0.870. The van der Waals surface area contributed by atoms with Gasteiger partial charge in [-0.3, -0.25) is 0 Å². The Kier molecular flexibility index (Phi) is 33.3. The molecule has 0 aliphatic rings. The van der Waals surface area contributed by atoms with Crippen LogP contribution < -0.4 is 0 Å². The van der Waals surface area contributed by atoms with E-state index in [2.05, 4.69) is 26.0 Å². The Morgan fingerprint density at radius 3 is 1.21 bits per heavy atom. The monoisotopic (exact) mass is 609 g/mol. The average Bonchev–Trinajstić information content (AvgIpc) is 3.02. The molecule has 0 saturated carbocycles. The maximum Gasteiger partial charge on any atom is 0.340 e. The zero-order chi connectivity index (χ0) is 31.5. The van der Waals surface area contributed by atoms with Crippen molar-refractivity contribution in [2.45, 2.75) is 218 Å².